The zero-order valence-electron chi connectivity index (χ0n) is 9.95. The van der Waals surface area contributed by atoms with Gasteiger partial charge in [0.2, 0.25) is 0 Å². The molecule has 0 fully saturated rings. The molecular formula is C13H10ClFN2O2. The lowest BCUT2D eigenvalue weighted by Crippen LogP contribution is -2.14. The minimum atomic E-state index is -0.642. The van der Waals surface area contributed by atoms with Crippen LogP contribution in [0.2, 0.25) is 5.15 Å². The monoisotopic (exact) mass is 280 g/mol. The van der Waals surface area contributed by atoms with Crippen molar-refractivity contribution in [2.75, 3.05) is 5.32 Å². The molecule has 6 heteroatoms. The molecule has 0 spiro atoms. The van der Waals surface area contributed by atoms with E-state index >= 15 is 0 Å². The van der Waals surface area contributed by atoms with Crippen LogP contribution in [0.4, 0.5) is 10.1 Å². The van der Waals surface area contributed by atoms with E-state index in [1.165, 1.54) is 12.1 Å². The molecule has 1 aromatic heterocycles. The average molecular weight is 281 g/mol. The molecule has 2 rings (SSSR count). The van der Waals surface area contributed by atoms with E-state index in [0.717, 1.165) is 12.3 Å². The van der Waals surface area contributed by atoms with E-state index in [9.17, 15) is 14.3 Å². The Balaban J connectivity index is 2.28. The second kappa shape index (κ2) is 5.24. The van der Waals surface area contributed by atoms with E-state index < -0.39 is 11.7 Å². The third-order valence-electron chi connectivity index (χ3n) is 2.51. The highest BCUT2D eigenvalue weighted by Crippen LogP contribution is 2.22. The first-order valence-corrected chi connectivity index (χ1v) is 5.77. The predicted molar refractivity (Wildman–Crippen MR) is 70.0 cm³/mol. The zero-order chi connectivity index (χ0) is 14.0. The molecule has 0 unspecified atom stereocenters. The van der Waals surface area contributed by atoms with Crippen LogP contribution < -0.4 is 5.32 Å². The summed E-state index contributed by atoms with van der Waals surface area (Å²) in [6, 6.07) is 5.50. The van der Waals surface area contributed by atoms with Crippen molar-refractivity contribution in [3.8, 4) is 5.75 Å². The molecule has 1 amide bonds. The van der Waals surface area contributed by atoms with Crippen LogP contribution in [0.3, 0.4) is 0 Å². The highest BCUT2D eigenvalue weighted by molar-refractivity contribution is 6.33. The number of halogens is 2. The molecule has 1 aromatic carbocycles. The molecule has 19 heavy (non-hydrogen) atoms. The van der Waals surface area contributed by atoms with E-state index in [0.29, 0.717) is 11.3 Å². The number of carbonyl (C=O) groups excluding carboxylic acids is 1. The van der Waals surface area contributed by atoms with E-state index in [4.69, 9.17) is 11.6 Å². The summed E-state index contributed by atoms with van der Waals surface area (Å²) in [5.41, 5.74) is 1.13. The number of phenols is 1. The molecule has 98 valence electrons. The molecule has 0 saturated carbocycles. The lowest BCUT2D eigenvalue weighted by molar-refractivity contribution is 0.102. The summed E-state index contributed by atoms with van der Waals surface area (Å²) in [5, 5.41) is 11.8. The molecule has 0 aliphatic carbocycles. The minimum Gasteiger partial charge on any atom is -0.508 e. The van der Waals surface area contributed by atoms with Crippen LogP contribution in [0.5, 0.6) is 5.75 Å². The number of rotatable bonds is 2. The van der Waals surface area contributed by atoms with Crippen molar-refractivity contribution in [1.29, 1.82) is 0 Å². The van der Waals surface area contributed by atoms with Crippen molar-refractivity contribution in [2.24, 2.45) is 0 Å². The van der Waals surface area contributed by atoms with Gasteiger partial charge in [0.25, 0.3) is 5.91 Å². The number of nitrogens with zero attached hydrogens (tertiary/aromatic N) is 1. The molecule has 0 aliphatic rings. The minimum absolute atomic E-state index is 0.0471. The topological polar surface area (TPSA) is 62.2 Å². The van der Waals surface area contributed by atoms with Crippen LogP contribution in [0.1, 0.15) is 15.9 Å². The molecule has 0 aliphatic heterocycles. The SMILES string of the molecule is Cc1cc(O)ccc1NC(=O)c1cc(F)cnc1Cl. The standard InChI is InChI=1S/C13H10ClFN2O2/c1-7-4-9(18)2-3-11(7)17-13(19)10-5-8(15)6-16-12(10)14/h2-6,18H,1H3,(H,17,19). The number of amides is 1. The molecule has 0 radical (unpaired) electrons. The highest BCUT2D eigenvalue weighted by Gasteiger charge is 2.14. The van der Waals surface area contributed by atoms with E-state index in [-0.39, 0.29) is 16.5 Å². The number of aromatic nitrogens is 1. The van der Waals surface area contributed by atoms with Gasteiger partial charge in [-0.2, -0.15) is 0 Å². The van der Waals surface area contributed by atoms with E-state index in [1.807, 2.05) is 0 Å². The number of carbonyl (C=O) groups is 1. The van der Waals surface area contributed by atoms with Crippen molar-refractivity contribution >= 4 is 23.2 Å². The van der Waals surface area contributed by atoms with Crippen LogP contribution >= 0.6 is 11.6 Å². The van der Waals surface area contributed by atoms with E-state index in [2.05, 4.69) is 10.3 Å². The van der Waals surface area contributed by atoms with Crippen molar-refractivity contribution in [3.05, 3.63) is 52.6 Å². The average Bonchev–Trinajstić information content (AvgIpc) is 2.35. The third-order valence-corrected chi connectivity index (χ3v) is 2.81. The second-order valence-corrected chi connectivity index (χ2v) is 4.30. The van der Waals surface area contributed by atoms with Gasteiger partial charge in [-0.25, -0.2) is 9.37 Å². The van der Waals surface area contributed by atoms with Gasteiger partial charge in [0, 0.05) is 5.69 Å². The fourth-order valence-corrected chi connectivity index (χ4v) is 1.75. The number of phenolic OH excluding ortho intramolecular Hbond substituents is 1. The summed E-state index contributed by atoms with van der Waals surface area (Å²) in [4.78, 5) is 15.5. The van der Waals surface area contributed by atoms with Gasteiger partial charge >= 0.3 is 0 Å². The second-order valence-electron chi connectivity index (χ2n) is 3.95. The normalized spacial score (nSPS) is 10.3. The molecule has 1 heterocycles. The predicted octanol–water partition coefficient (Wildman–Crippen LogP) is 3.14. The first-order valence-electron chi connectivity index (χ1n) is 5.39. The smallest absolute Gasteiger partial charge is 0.258 e. The molecule has 2 N–H and O–H groups in total. The lowest BCUT2D eigenvalue weighted by Gasteiger charge is -2.09. The number of hydrogen-bond donors (Lipinski definition) is 2. The molecule has 0 saturated heterocycles. The fourth-order valence-electron chi connectivity index (χ4n) is 1.56. The Morgan fingerprint density at radius 1 is 1.42 bits per heavy atom. The van der Waals surface area contributed by atoms with Gasteiger partial charge in [-0.3, -0.25) is 4.79 Å². The largest absolute Gasteiger partial charge is 0.508 e. The summed E-state index contributed by atoms with van der Waals surface area (Å²) >= 11 is 5.74. The van der Waals surface area contributed by atoms with Crippen molar-refractivity contribution in [3.63, 3.8) is 0 Å². The third kappa shape index (κ3) is 3.00. The number of pyridine rings is 1. The Hall–Kier alpha value is -2.14. The summed E-state index contributed by atoms with van der Waals surface area (Å²) in [5.74, 6) is -1.11. The number of benzene rings is 1. The van der Waals surface area contributed by atoms with Gasteiger partial charge in [-0.15, -0.1) is 0 Å². The Kier molecular flexibility index (Phi) is 3.66. The Bertz CT molecular complexity index is 647. The first-order chi connectivity index (χ1) is 8.97. The maximum absolute atomic E-state index is 13.0. The van der Waals surface area contributed by atoms with Crippen LogP contribution in [-0.4, -0.2) is 16.0 Å². The number of anilines is 1. The van der Waals surface area contributed by atoms with Gasteiger partial charge in [-0.05, 0) is 36.8 Å². The van der Waals surface area contributed by atoms with Gasteiger partial charge in [-0.1, -0.05) is 11.6 Å². The number of nitrogens with one attached hydrogen (secondary N) is 1. The zero-order valence-corrected chi connectivity index (χ0v) is 10.7. The molecule has 2 aromatic rings. The van der Waals surface area contributed by atoms with Crippen LogP contribution in [0.15, 0.2) is 30.5 Å². The van der Waals surface area contributed by atoms with Gasteiger partial charge in [0.05, 0.1) is 11.8 Å². The summed E-state index contributed by atoms with van der Waals surface area (Å²) in [6.07, 6.45) is 0.935. The summed E-state index contributed by atoms with van der Waals surface area (Å²) in [6.45, 7) is 1.72. The highest BCUT2D eigenvalue weighted by atomic mass is 35.5. The molecule has 4 nitrogen and oxygen atoms in total. The van der Waals surface area contributed by atoms with Crippen molar-refractivity contribution in [2.45, 2.75) is 6.92 Å². The lowest BCUT2D eigenvalue weighted by atomic mass is 10.1. The number of hydrogen-bond acceptors (Lipinski definition) is 3. The van der Waals surface area contributed by atoms with Crippen LogP contribution in [-0.2, 0) is 0 Å². The Labute approximate surface area is 113 Å². The Morgan fingerprint density at radius 3 is 2.84 bits per heavy atom. The van der Waals surface area contributed by atoms with Gasteiger partial charge < -0.3 is 10.4 Å². The first kappa shape index (κ1) is 13.3. The van der Waals surface area contributed by atoms with E-state index in [1.54, 1.807) is 13.0 Å². The molecular weight excluding hydrogens is 271 g/mol. The maximum Gasteiger partial charge on any atom is 0.258 e. The van der Waals surface area contributed by atoms with Crippen molar-refractivity contribution < 1.29 is 14.3 Å². The summed E-state index contributed by atoms with van der Waals surface area (Å²) < 4.78 is 13.0. The van der Waals surface area contributed by atoms with Gasteiger partial charge in [0.15, 0.2) is 0 Å². The number of aromatic hydroxyl groups is 1. The summed E-state index contributed by atoms with van der Waals surface area (Å²) in [7, 11) is 0. The van der Waals surface area contributed by atoms with Crippen LogP contribution in [0.25, 0.3) is 0 Å². The molecule has 0 bridgehead atoms. The van der Waals surface area contributed by atoms with Gasteiger partial charge in [0.1, 0.15) is 16.7 Å². The Morgan fingerprint density at radius 2 is 2.16 bits per heavy atom. The quantitative estimate of drug-likeness (QED) is 0.656. The van der Waals surface area contributed by atoms with Crippen LogP contribution in [0, 0.1) is 12.7 Å². The maximum atomic E-state index is 13.0. The van der Waals surface area contributed by atoms with Crippen molar-refractivity contribution in [1.82, 2.24) is 4.98 Å². The number of aryl methyl sites for hydroxylation is 1. The molecule has 0 atom stereocenters. The fraction of sp³-hybridized carbons (Fsp3) is 0.0769.